The Labute approximate surface area is 424 Å². The lowest BCUT2D eigenvalue weighted by Gasteiger charge is -2.29. The minimum absolute atomic E-state index is 0.0116. The standard InChI is InChI=1S/C60H103N2O6P/c1-6-8-10-12-14-16-17-18-19-20-21-22-23-24-25-26-27-28-29-30-31-32-33-34-35-36-37-38-39-40-41-42-43-44-45-46-48-50-52-54-60(64)61-58(57-68-69(65,66)67-56-55-62(3,4)5)59(63)53-51-49-47-15-13-11-9-7-2/h8,10,13-16,18-19,21-22,24-25,27-28,30-31,33-34,51,53,58-59,63H,6-7,9,11-12,17,20,23,26,29,32,35-50,52,54-57H2,1-5H3,(H-,61,64,65,66)/b10-8-,15-13+,16-14-,19-18-,22-21-,25-24-,28-27-,31-30-,34-33-,53-51+. The molecular formula is C60H103N2O6P. The van der Waals surface area contributed by atoms with Gasteiger partial charge in [0.2, 0.25) is 5.91 Å². The van der Waals surface area contributed by atoms with E-state index in [1.54, 1.807) is 6.08 Å². The number of phosphoric ester groups is 1. The molecule has 1 amide bonds. The zero-order valence-corrected chi connectivity index (χ0v) is 45.6. The summed E-state index contributed by atoms with van der Waals surface area (Å²) in [5.41, 5.74) is 0. The SMILES string of the molecule is CC/C=C\C/C=C\C/C=C\C/C=C\C/C=C\C/C=C\C/C=C\C/C=C\CCCCCCCCCCCCCCCCC(=O)NC(COP(=O)([O-])OCC[N+](C)(C)C)C(O)/C=C/CC/C=C/CCCC. The third-order valence-corrected chi connectivity index (χ3v) is 12.4. The molecular weight excluding hydrogens is 876 g/mol. The van der Waals surface area contributed by atoms with Gasteiger partial charge in [-0.05, 0) is 89.9 Å². The van der Waals surface area contributed by atoms with Gasteiger partial charge in [-0.15, -0.1) is 0 Å². The molecule has 0 aliphatic carbocycles. The molecule has 0 aromatic heterocycles. The molecule has 0 saturated carbocycles. The van der Waals surface area contributed by atoms with Crippen LogP contribution in [0.25, 0.3) is 0 Å². The third kappa shape index (κ3) is 52.6. The van der Waals surface area contributed by atoms with Crippen LogP contribution >= 0.6 is 7.82 Å². The van der Waals surface area contributed by atoms with E-state index in [9.17, 15) is 19.4 Å². The first-order valence-corrected chi connectivity index (χ1v) is 28.9. The van der Waals surface area contributed by atoms with E-state index in [0.29, 0.717) is 17.4 Å². The number of hydrogen-bond donors (Lipinski definition) is 2. The molecule has 0 heterocycles. The van der Waals surface area contributed by atoms with Gasteiger partial charge in [0, 0.05) is 6.42 Å². The molecule has 0 radical (unpaired) electrons. The van der Waals surface area contributed by atoms with Gasteiger partial charge in [0.15, 0.2) is 0 Å². The average molecular weight is 979 g/mol. The van der Waals surface area contributed by atoms with Gasteiger partial charge < -0.3 is 28.8 Å². The number of nitrogens with zero attached hydrogens (tertiary/aromatic N) is 1. The first-order valence-electron chi connectivity index (χ1n) is 27.4. The summed E-state index contributed by atoms with van der Waals surface area (Å²) in [6, 6.07) is -0.907. The van der Waals surface area contributed by atoms with E-state index in [2.05, 4.69) is 129 Å². The summed E-state index contributed by atoms with van der Waals surface area (Å²) in [7, 11) is 1.23. The molecule has 69 heavy (non-hydrogen) atoms. The lowest BCUT2D eigenvalue weighted by Crippen LogP contribution is -2.45. The molecule has 0 bridgehead atoms. The number of rotatable bonds is 48. The van der Waals surface area contributed by atoms with Crippen molar-refractivity contribution in [3.63, 3.8) is 0 Å². The number of amides is 1. The monoisotopic (exact) mass is 979 g/mol. The van der Waals surface area contributed by atoms with Crippen LogP contribution in [0.3, 0.4) is 0 Å². The predicted octanol–water partition coefficient (Wildman–Crippen LogP) is 16.0. The van der Waals surface area contributed by atoms with Gasteiger partial charge in [-0.3, -0.25) is 9.36 Å². The Kier molecular flexibility index (Phi) is 47.6. The molecule has 8 nitrogen and oxygen atoms in total. The Hall–Kier alpha value is -3.10. The topological polar surface area (TPSA) is 108 Å². The second-order valence-corrected chi connectivity index (χ2v) is 20.6. The Balaban J connectivity index is 3.95. The smallest absolute Gasteiger partial charge is 0.268 e. The maximum Gasteiger partial charge on any atom is 0.268 e. The summed E-state index contributed by atoms with van der Waals surface area (Å²) >= 11 is 0. The van der Waals surface area contributed by atoms with Gasteiger partial charge in [-0.1, -0.05) is 225 Å². The number of carbonyl (C=O) groups excluding carboxylic acids is 1. The lowest BCUT2D eigenvalue weighted by molar-refractivity contribution is -0.870. The van der Waals surface area contributed by atoms with Crippen molar-refractivity contribution < 1.29 is 32.9 Å². The number of nitrogens with one attached hydrogen (secondary N) is 1. The molecule has 0 fully saturated rings. The van der Waals surface area contributed by atoms with Crippen molar-refractivity contribution in [1.29, 1.82) is 0 Å². The third-order valence-electron chi connectivity index (χ3n) is 11.4. The number of aliphatic hydroxyl groups excluding tert-OH is 1. The molecule has 0 aliphatic heterocycles. The van der Waals surface area contributed by atoms with Crippen LogP contribution in [-0.4, -0.2) is 68.5 Å². The quantitative estimate of drug-likeness (QED) is 0.0272. The number of hydrogen-bond acceptors (Lipinski definition) is 6. The van der Waals surface area contributed by atoms with Crippen LogP contribution in [0.1, 0.15) is 200 Å². The number of likely N-dealkylation sites (N-methyl/N-ethyl adjacent to an activating group) is 1. The first-order chi connectivity index (χ1) is 33.5. The second-order valence-electron chi connectivity index (χ2n) is 19.2. The lowest BCUT2D eigenvalue weighted by atomic mass is 10.0. The van der Waals surface area contributed by atoms with Crippen LogP contribution < -0.4 is 10.2 Å². The van der Waals surface area contributed by atoms with Gasteiger partial charge in [-0.2, -0.15) is 0 Å². The number of aliphatic hydroxyl groups is 1. The highest BCUT2D eigenvalue weighted by Crippen LogP contribution is 2.38. The maximum absolute atomic E-state index is 12.9. The largest absolute Gasteiger partial charge is 0.756 e. The summed E-state index contributed by atoms with van der Waals surface area (Å²) in [6.07, 6.45) is 74.5. The van der Waals surface area contributed by atoms with Crippen LogP contribution in [-0.2, 0) is 18.4 Å². The van der Waals surface area contributed by atoms with Gasteiger partial charge in [0.25, 0.3) is 7.82 Å². The zero-order valence-electron chi connectivity index (χ0n) is 44.7. The first kappa shape index (κ1) is 65.9. The molecule has 0 aromatic carbocycles. The molecule has 394 valence electrons. The van der Waals surface area contributed by atoms with Crippen molar-refractivity contribution in [1.82, 2.24) is 5.32 Å². The number of phosphoric acid groups is 1. The molecule has 0 spiro atoms. The van der Waals surface area contributed by atoms with Crippen LogP contribution in [0.2, 0.25) is 0 Å². The number of quaternary nitrogens is 1. The van der Waals surface area contributed by atoms with Crippen molar-refractivity contribution in [2.24, 2.45) is 0 Å². The number of allylic oxidation sites excluding steroid dienone is 19. The molecule has 0 aliphatic rings. The van der Waals surface area contributed by atoms with Crippen LogP contribution in [0.5, 0.6) is 0 Å². The van der Waals surface area contributed by atoms with Gasteiger partial charge >= 0.3 is 0 Å². The predicted molar refractivity (Wildman–Crippen MR) is 297 cm³/mol. The van der Waals surface area contributed by atoms with E-state index >= 15 is 0 Å². The molecule has 3 unspecified atom stereocenters. The van der Waals surface area contributed by atoms with Crippen LogP contribution in [0, 0.1) is 0 Å². The highest BCUT2D eigenvalue weighted by Gasteiger charge is 2.23. The Bertz CT molecular complexity index is 1530. The summed E-state index contributed by atoms with van der Waals surface area (Å²) in [4.78, 5) is 25.3. The maximum atomic E-state index is 12.9. The molecule has 3 atom stereocenters. The fourth-order valence-corrected chi connectivity index (χ4v) is 7.83. The number of unbranched alkanes of at least 4 members (excludes halogenated alkanes) is 17. The van der Waals surface area contributed by atoms with Crippen LogP contribution in [0.4, 0.5) is 0 Å². The summed E-state index contributed by atoms with van der Waals surface area (Å²) in [5.74, 6) is -0.217. The van der Waals surface area contributed by atoms with Crippen molar-refractivity contribution in [3.8, 4) is 0 Å². The van der Waals surface area contributed by atoms with Crippen molar-refractivity contribution in [3.05, 3.63) is 122 Å². The molecule has 9 heteroatoms. The van der Waals surface area contributed by atoms with Gasteiger partial charge in [-0.25, -0.2) is 0 Å². The van der Waals surface area contributed by atoms with Gasteiger partial charge in [0.05, 0.1) is 39.9 Å². The Morgan fingerprint density at radius 2 is 0.899 bits per heavy atom. The van der Waals surface area contributed by atoms with E-state index < -0.39 is 26.6 Å². The van der Waals surface area contributed by atoms with Crippen molar-refractivity contribution >= 4 is 13.7 Å². The Morgan fingerprint density at radius 1 is 0.522 bits per heavy atom. The molecule has 0 saturated heterocycles. The van der Waals surface area contributed by atoms with Gasteiger partial charge in [0.1, 0.15) is 13.2 Å². The second kappa shape index (κ2) is 49.9. The van der Waals surface area contributed by atoms with E-state index in [-0.39, 0.29) is 12.5 Å². The fourth-order valence-electron chi connectivity index (χ4n) is 7.11. The van der Waals surface area contributed by atoms with E-state index in [1.807, 2.05) is 27.2 Å². The molecule has 2 N–H and O–H groups in total. The average Bonchev–Trinajstić information content (AvgIpc) is 3.31. The van der Waals surface area contributed by atoms with E-state index in [1.165, 1.54) is 83.5 Å². The summed E-state index contributed by atoms with van der Waals surface area (Å²) in [6.45, 7) is 4.41. The highest BCUT2D eigenvalue weighted by atomic mass is 31.2. The van der Waals surface area contributed by atoms with E-state index in [4.69, 9.17) is 9.05 Å². The Morgan fingerprint density at radius 3 is 1.35 bits per heavy atom. The molecule has 0 aromatic rings. The summed E-state index contributed by atoms with van der Waals surface area (Å²) < 4.78 is 23.1. The zero-order chi connectivity index (χ0) is 50.6. The molecule has 0 rings (SSSR count). The van der Waals surface area contributed by atoms with E-state index in [0.717, 1.165) is 96.3 Å². The number of carbonyl (C=O) groups is 1. The highest BCUT2D eigenvalue weighted by molar-refractivity contribution is 7.45. The summed E-state index contributed by atoms with van der Waals surface area (Å²) in [5, 5.41) is 13.7. The normalized spacial score (nSPS) is 14.9. The van der Waals surface area contributed by atoms with Crippen molar-refractivity contribution in [2.75, 3.05) is 40.9 Å². The van der Waals surface area contributed by atoms with Crippen molar-refractivity contribution in [2.45, 2.75) is 212 Å². The fraction of sp³-hybridized carbons (Fsp3) is 0.650. The minimum atomic E-state index is -4.60. The minimum Gasteiger partial charge on any atom is -0.756 e. The van der Waals surface area contributed by atoms with Crippen LogP contribution in [0.15, 0.2) is 122 Å².